The number of nitrogens with zero attached hydrogens (tertiary/aromatic N) is 2. The van der Waals surface area contributed by atoms with Gasteiger partial charge in [-0.15, -0.1) is 0 Å². The van der Waals surface area contributed by atoms with E-state index in [0.717, 1.165) is 18.4 Å². The normalized spacial score (nSPS) is 18.2. The molecule has 4 nitrogen and oxygen atoms in total. The quantitative estimate of drug-likeness (QED) is 0.748. The minimum absolute atomic E-state index is 0.592. The summed E-state index contributed by atoms with van der Waals surface area (Å²) in [5.74, 6) is 0. The van der Waals surface area contributed by atoms with E-state index < -0.39 is 10.2 Å². The van der Waals surface area contributed by atoms with Gasteiger partial charge in [0, 0.05) is 19.3 Å². The van der Waals surface area contributed by atoms with Gasteiger partial charge in [-0.25, -0.2) is 0 Å². The van der Waals surface area contributed by atoms with E-state index in [1.54, 1.807) is 0 Å². The van der Waals surface area contributed by atoms with Crippen LogP contribution in [0.5, 0.6) is 0 Å². The summed E-state index contributed by atoms with van der Waals surface area (Å²) in [6, 6.07) is 9.23. The van der Waals surface area contributed by atoms with Crippen LogP contribution in [0.4, 0.5) is 0 Å². The molecule has 16 heavy (non-hydrogen) atoms. The Bertz CT molecular complexity index is 462. The molecule has 86 valence electrons. The van der Waals surface area contributed by atoms with Gasteiger partial charge in [-0.05, 0) is 18.4 Å². The van der Waals surface area contributed by atoms with E-state index in [1.807, 2.05) is 30.3 Å². The zero-order valence-electron chi connectivity index (χ0n) is 8.91. The first kappa shape index (κ1) is 11.3. The summed E-state index contributed by atoms with van der Waals surface area (Å²) in [5.41, 5.74) is 0.797. The zero-order chi connectivity index (χ0) is 11.4. The van der Waals surface area contributed by atoms with Crippen LogP contribution in [0.1, 0.15) is 18.4 Å². The third-order valence-corrected chi connectivity index (χ3v) is 3.92. The second kappa shape index (κ2) is 4.76. The fourth-order valence-corrected chi connectivity index (χ4v) is 2.76. The number of rotatable bonds is 3. The maximum atomic E-state index is 11.7. The van der Waals surface area contributed by atoms with Crippen LogP contribution in [0.3, 0.4) is 0 Å². The summed E-state index contributed by atoms with van der Waals surface area (Å²) in [4.78, 5) is 0. The molecule has 0 amide bonds. The van der Waals surface area contributed by atoms with Crippen molar-refractivity contribution in [2.75, 3.05) is 13.1 Å². The molecule has 0 bridgehead atoms. The van der Waals surface area contributed by atoms with Crippen molar-refractivity contribution in [3.63, 3.8) is 0 Å². The molecule has 0 aromatic heterocycles. The zero-order valence-corrected chi connectivity index (χ0v) is 9.73. The van der Waals surface area contributed by atoms with Crippen LogP contribution < -0.4 is 0 Å². The first-order chi connectivity index (χ1) is 7.68. The molecular weight excluding hydrogens is 224 g/mol. The standard InChI is InChI=1S/C11H14N2O2S/c14-16(15,13-8-4-5-9-13)12-10-11-6-2-1-3-7-11/h1-3,6-7,10H,4-5,8-9H2/b12-10+. The van der Waals surface area contributed by atoms with Gasteiger partial charge in [0.1, 0.15) is 0 Å². The van der Waals surface area contributed by atoms with Crippen molar-refractivity contribution in [3.05, 3.63) is 35.9 Å². The van der Waals surface area contributed by atoms with Crippen molar-refractivity contribution < 1.29 is 8.42 Å². The Labute approximate surface area is 95.8 Å². The van der Waals surface area contributed by atoms with Crippen LogP contribution in [-0.2, 0) is 10.2 Å². The van der Waals surface area contributed by atoms with E-state index in [9.17, 15) is 8.42 Å². The summed E-state index contributed by atoms with van der Waals surface area (Å²) in [6.45, 7) is 1.18. The lowest BCUT2D eigenvalue weighted by atomic mass is 10.2. The maximum Gasteiger partial charge on any atom is 0.322 e. The van der Waals surface area contributed by atoms with E-state index in [-0.39, 0.29) is 0 Å². The molecule has 0 spiro atoms. The molecule has 0 N–H and O–H groups in total. The number of benzene rings is 1. The van der Waals surface area contributed by atoms with Gasteiger partial charge >= 0.3 is 10.2 Å². The molecule has 1 aliphatic rings. The van der Waals surface area contributed by atoms with Gasteiger partial charge < -0.3 is 0 Å². The van der Waals surface area contributed by atoms with Crippen LogP contribution in [0.25, 0.3) is 0 Å². The summed E-state index contributed by atoms with van der Waals surface area (Å²) in [7, 11) is -3.46. The minimum atomic E-state index is -3.46. The Morgan fingerprint density at radius 3 is 2.38 bits per heavy atom. The lowest BCUT2D eigenvalue weighted by Gasteiger charge is -2.10. The monoisotopic (exact) mass is 238 g/mol. The fourth-order valence-electron chi connectivity index (χ4n) is 1.65. The van der Waals surface area contributed by atoms with Crippen LogP contribution >= 0.6 is 0 Å². The van der Waals surface area contributed by atoms with Gasteiger partial charge in [0.15, 0.2) is 0 Å². The molecule has 5 heteroatoms. The molecule has 0 saturated carbocycles. The molecule has 0 unspecified atom stereocenters. The van der Waals surface area contributed by atoms with E-state index in [0.29, 0.717) is 13.1 Å². The van der Waals surface area contributed by atoms with Crippen molar-refractivity contribution in [1.29, 1.82) is 0 Å². The van der Waals surface area contributed by atoms with Crippen molar-refractivity contribution in [1.82, 2.24) is 4.31 Å². The predicted octanol–water partition coefficient (Wildman–Crippen LogP) is 1.45. The molecule has 0 radical (unpaired) electrons. The Morgan fingerprint density at radius 2 is 1.75 bits per heavy atom. The van der Waals surface area contributed by atoms with Crippen molar-refractivity contribution >= 4 is 16.4 Å². The molecule has 0 aliphatic carbocycles. The third-order valence-electron chi connectivity index (χ3n) is 2.53. The molecule has 2 rings (SSSR count). The van der Waals surface area contributed by atoms with Gasteiger partial charge in [-0.1, -0.05) is 30.3 Å². The molecule has 1 aliphatic heterocycles. The first-order valence-electron chi connectivity index (χ1n) is 5.29. The molecular formula is C11H14N2O2S. The lowest BCUT2D eigenvalue weighted by Crippen LogP contribution is -2.25. The largest absolute Gasteiger partial charge is 0.322 e. The third kappa shape index (κ3) is 2.68. The summed E-state index contributed by atoms with van der Waals surface area (Å²) in [5, 5.41) is 0. The van der Waals surface area contributed by atoms with Crippen molar-refractivity contribution in [3.8, 4) is 0 Å². The van der Waals surface area contributed by atoms with Crippen LogP contribution in [0, 0.1) is 0 Å². The predicted molar refractivity (Wildman–Crippen MR) is 63.8 cm³/mol. The second-order valence-corrected chi connectivity index (χ2v) is 5.35. The highest BCUT2D eigenvalue weighted by atomic mass is 32.2. The van der Waals surface area contributed by atoms with Crippen molar-refractivity contribution in [2.24, 2.45) is 4.40 Å². The van der Waals surface area contributed by atoms with E-state index in [1.165, 1.54) is 10.5 Å². The number of hydrogen-bond acceptors (Lipinski definition) is 2. The molecule has 1 fully saturated rings. The van der Waals surface area contributed by atoms with Gasteiger partial charge in [0.25, 0.3) is 0 Å². The highest BCUT2D eigenvalue weighted by Crippen LogP contribution is 2.13. The summed E-state index contributed by atoms with van der Waals surface area (Å²) in [6.07, 6.45) is 3.26. The van der Waals surface area contributed by atoms with Crippen LogP contribution in [0.2, 0.25) is 0 Å². The Morgan fingerprint density at radius 1 is 1.12 bits per heavy atom. The van der Waals surface area contributed by atoms with Gasteiger partial charge in [-0.2, -0.15) is 17.1 Å². The molecule has 1 aromatic carbocycles. The summed E-state index contributed by atoms with van der Waals surface area (Å²) >= 11 is 0. The van der Waals surface area contributed by atoms with Crippen molar-refractivity contribution in [2.45, 2.75) is 12.8 Å². The molecule has 1 heterocycles. The van der Waals surface area contributed by atoms with Gasteiger partial charge in [-0.3, -0.25) is 0 Å². The van der Waals surface area contributed by atoms with Gasteiger partial charge in [0.05, 0.1) is 0 Å². The number of hydrogen-bond donors (Lipinski definition) is 0. The van der Waals surface area contributed by atoms with Gasteiger partial charge in [0.2, 0.25) is 0 Å². The second-order valence-electron chi connectivity index (χ2n) is 3.73. The van der Waals surface area contributed by atoms with E-state index in [4.69, 9.17) is 0 Å². The Hall–Kier alpha value is -1.20. The Balaban J connectivity index is 2.11. The lowest BCUT2D eigenvalue weighted by molar-refractivity contribution is 0.479. The van der Waals surface area contributed by atoms with Crippen LogP contribution in [-0.4, -0.2) is 32.0 Å². The highest BCUT2D eigenvalue weighted by Gasteiger charge is 2.23. The van der Waals surface area contributed by atoms with E-state index in [2.05, 4.69) is 4.40 Å². The molecule has 1 aromatic rings. The topological polar surface area (TPSA) is 49.7 Å². The first-order valence-corrected chi connectivity index (χ1v) is 6.69. The summed E-state index contributed by atoms with van der Waals surface area (Å²) < 4.78 is 28.6. The highest BCUT2D eigenvalue weighted by molar-refractivity contribution is 7.87. The molecule has 1 saturated heterocycles. The Kier molecular flexibility index (Phi) is 3.36. The minimum Gasteiger partial charge on any atom is -0.187 e. The fraction of sp³-hybridized carbons (Fsp3) is 0.364. The van der Waals surface area contributed by atoms with E-state index >= 15 is 0 Å². The molecule has 0 atom stereocenters. The maximum absolute atomic E-state index is 11.7. The average Bonchev–Trinajstić information content (AvgIpc) is 2.82. The SMILES string of the molecule is O=S(=O)(/N=C/c1ccccc1)N1CCCC1. The van der Waals surface area contributed by atoms with Crippen LogP contribution in [0.15, 0.2) is 34.7 Å². The average molecular weight is 238 g/mol. The smallest absolute Gasteiger partial charge is 0.187 e.